The summed E-state index contributed by atoms with van der Waals surface area (Å²) < 4.78 is 15.9. The molecule has 30 heavy (non-hydrogen) atoms. The van der Waals surface area contributed by atoms with Gasteiger partial charge in [0, 0.05) is 41.8 Å². The van der Waals surface area contributed by atoms with E-state index in [1.807, 2.05) is 31.2 Å². The molecule has 156 valence electrons. The molecular weight excluding hydrogens is 384 g/mol. The molecule has 0 radical (unpaired) electrons. The zero-order valence-electron chi connectivity index (χ0n) is 17.3. The summed E-state index contributed by atoms with van der Waals surface area (Å²) in [6.45, 7) is 3.63. The van der Waals surface area contributed by atoms with Crippen LogP contribution in [0.1, 0.15) is 49.1 Å². The van der Waals surface area contributed by atoms with E-state index in [1.165, 1.54) is 0 Å². The van der Waals surface area contributed by atoms with E-state index in [-0.39, 0.29) is 24.7 Å². The van der Waals surface area contributed by atoms with Crippen LogP contribution >= 0.6 is 0 Å². The summed E-state index contributed by atoms with van der Waals surface area (Å²) in [5.41, 5.74) is 4.46. The first-order valence-corrected chi connectivity index (χ1v) is 9.90. The number of ketones is 1. The fraction of sp³-hybridized carbons (Fsp3) is 0.348. The average Bonchev–Trinajstić information content (AvgIpc) is 3.16. The van der Waals surface area contributed by atoms with Gasteiger partial charge in [-0.1, -0.05) is 23.4 Å². The Kier molecular flexibility index (Phi) is 5.44. The standard InChI is InChI=1S/C23H24N2O5/c1-13-8-16(30-25-13)12-29-23(27)18-11-19-20(24-14(18)2)9-15(10-21(19)26)17-6-4-5-7-22(17)28-3/h4-8,15,24H,9-12H2,1-3H3/t15-/m1/s1. The molecular formula is C23H24N2O5. The molecule has 2 heterocycles. The van der Waals surface area contributed by atoms with Crippen LogP contribution in [0.5, 0.6) is 5.75 Å². The number of dihydropyridines is 1. The number of aromatic nitrogens is 1. The molecule has 1 aromatic heterocycles. The lowest BCUT2D eigenvalue weighted by Gasteiger charge is -2.32. The van der Waals surface area contributed by atoms with Crippen LogP contribution in [0, 0.1) is 6.92 Å². The summed E-state index contributed by atoms with van der Waals surface area (Å²) in [5.74, 6) is 0.893. The Morgan fingerprint density at radius 1 is 1.27 bits per heavy atom. The summed E-state index contributed by atoms with van der Waals surface area (Å²) in [6.07, 6.45) is 1.36. The molecule has 0 bridgehead atoms. The molecule has 0 spiro atoms. The number of allylic oxidation sites excluding steroid dienone is 3. The largest absolute Gasteiger partial charge is 0.496 e. The van der Waals surface area contributed by atoms with Crippen molar-refractivity contribution in [3.05, 3.63) is 69.9 Å². The lowest BCUT2D eigenvalue weighted by atomic mass is 9.78. The van der Waals surface area contributed by atoms with Gasteiger partial charge in [-0.15, -0.1) is 0 Å². The van der Waals surface area contributed by atoms with E-state index in [9.17, 15) is 9.59 Å². The number of nitrogens with one attached hydrogen (secondary N) is 1. The highest BCUT2D eigenvalue weighted by Crippen LogP contribution is 2.41. The number of Topliss-reactive ketones (excluding diaryl/α,β-unsaturated/α-hetero) is 1. The van der Waals surface area contributed by atoms with Gasteiger partial charge in [-0.3, -0.25) is 4.79 Å². The Hall–Kier alpha value is -3.35. The topological polar surface area (TPSA) is 90.7 Å². The van der Waals surface area contributed by atoms with E-state index in [0.29, 0.717) is 35.4 Å². The Labute approximate surface area is 174 Å². The molecule has 1 aliphatic heterocycles. The van der Waals surface area contributed by atoms with Crippen LogP contribution in [-0.2, 0) is 20.9 Å². The van der Waals surface area contributed by atoms with E-state index in [0.717, 1.165) is 22.7 Å². The van der Waals surface area contributed by atoms with Crippen LogP contribution in [0.25, 0.3) is 0 Å². The number of benzene rings is 1. The van der Waals surface area contributed by atoms with Gasteiger partial charge in [0.2, 0.25) is 0 Å². The molecule has 1 atom stereocenters. The van der Waals surface area contributed by atoms with Gasteiger partial charge >= 0.3 is 5.97 Å². The minimum atomic E-state index is -0.458. The summed E-state index contributed by atoms with van der Waals surface area (Å²) in [7, 11) is 1.64. The maximum Gasteiger partial charge on any atom is 0.336 e. The lowest BCUT2D eigenvalue weighted by molar-refractivity contribution is -0.141. The molecule has 0 saturated carbocycles. The number of rotatable bonds is 5. The predicted octanol–water partition coefficient (Wildman–Crippen LogP) is 3.70. The predicted molar refractivity (Wildman–Crippen MR) is 108 cm³/mol. The number of hydrogen-bond acceptors (Lipinski definition) is 7. The number of methoxy groups -OCH3 is 1. The Morgan fingerprint density at radius 3 is 2.80 bits per heavy atom. The van der Waals surface area contributed by atoms with E-state index in [1.54, 1.807) is 20.1 Å². The van der Waals surface area contributed by atoms with Gasteiger partial charge in [-0.25, -0.2) is 4.79 Å². The second-order valence-electron chi connectivity index (χ2n) is 7.64. The highest BCUT2D eigenvalue weighted by molar-refractivity contribution is 6.01. The lowest BCUT2D eigenvalue weighted by Crippen LogP contribution is -2.31. The van der Waals surface area contributed by atoms with Crippen molar-refractivity contribution < 1.29 is 23.6 Å². The average molecular weight is 408 g/mol. The summed E-state index contributed by atoms with van der Waals surface area (Å²) in [6, 6.07) is 9.50. The zero-order valence-corrected chi connectivity index (χ0v) is 17.3. The molecule has 2 aromatic rings. The first-order chi connectivity index (χ1) is 14.5. The molecule has 1 N–H and O–H groups in total. The number of aryl methyl sites for hydroxylation is 1. The third-order valence-electron chi connectivity index (χ3n) is 5.58. The first-order valence-electron chi connectivity index (χ1n) is 9.90. The fourth-order valence-corrected chi connectivity index (χ4v) is 4.06. The second kappa shape index (κ2) is 8.18. The van der Waals surface area contributed by atoms with Crippen LogP contribution in [0.4, 0.5) is 0 Å². The second-order valence-corrected chi connectivity index (χ2v) is 7.64. The summed E-state index contributed by atoms with van der Waals surface area (Å²) in [5, 5.41) is 7.06. The van der Waals surface area contributed by atoms with E-state index in [4.69, 9.17) is 14.0 Å². The molecule has 1 aliphatic carbocycles. The first kappa shape index (κ1) is 19.9. The van der Waals surface area contributed by atoms with E-state index < -0.39 is 5.97 Å². The summed E-state index contributed by atoms with van der Waals surface area (Å²) >= 11 is 0. The minimum Gasteiger partial charge on any atom is -0.496 e. The molecule has 2 aliphatic rings. The quantitative estimate of drug-likeness (QED) is 0.754. The normalized spacial score (nSPS) is 18.8. The maximum atomic E-state index is 12.9. The number of hydrogen-bond donors (Lipinski definition) is 1. The highest BCUT2D eigenvalue weighted by Gasteiger charge is 2.34. The number of esters is 1. The number of para-hydroxylation sites is 1. The Morgan fingerprint density at radius 2 is 2.07 bits per heavy atom. The van der Waals surface area contributed by atoms with Crippen molar-refractivity contribution in [2.75, 3.05) is 7.11 Å². The van der Waals surface area contributed by atoms with Crippen LogP contribution in [0.3, 0.4) is 0 Å². The van der Waals surface area contributed by atoms with Gasteiger partial charge in [-0.05, 0) is 31.9 Å². The molecule has 7 heteroatoms. The van der Waals surface area contributed by atoms with Gasteiger partial charge in [0.1, 0.15) is 5.75 Å². The third kappa shape index (κ3) is 3.87. The SMILES string of the molecule is COc1ccccc1[C@H]1CC(=O)C2=C(C1)NC(C)=C(C(=O)OCc1cc(C)no1)C2. The molecule has 7 nitrogen and oxygen atoms in total. The molecule has 0 saturated heterocycles. The fourth-order valence-electron chi connectivity index (χ4n) is 4.06. The van der Waals surface area contributed by atoms with Crippen molar-refractivity contribution in [2.45, 2.75) is 45.6 Å². The number of carbonyl (C=O) groups excluding carboxylic acids is 2. The number of carbonyl (C=O) groups is 2. The van der Waals surface area contributed by atoms with Crippen molar-refractivity contribution >= 4 is 11.8 Å². The van der Waals surface area contributed by atoms with Gasteiger partial charge in [-0.2, -0.15) is 0 Å². The Balaban J connectivity index is 1.48. The van der Waals surface area contributed by atoms with Crippen LogP contribution < -0.4 is 10.1 Å². The zero-order chi connectivity index (χ0) is 21.3. The smallest absolute Gasteiger partial charge is 0.336 e. The van der Waals surface area contributed by atoms with E-state index >= 15 is 0 Å². The van der Waals surface area contributed by atoms with Crippen molar-refractivity contribution in [2.24, 2.45) is 0 Å². The minimum absolute atomic E-state index is 0.00613. The molecule has 0 unspecified atom stereocenters. The number of ether oxygens (including phenoxy) is 2. The Bertz CT molecular complexity index is 1060. The molecule has 0 fully saturated rings. The van der Waals surface area contributed by atoms with Crippen molar-refractivity contribution in [3.8, 4) is 5.75 Å². The van der Waals surface area contributed by atoms with Crippen LogP contribution in [-0.4, -0.2) is 24.0 Å². The molecule has 0 amide bonds. The monoisotopic (exact) mass is 408 g/mol. The molecule has 4 rings (SSSR count). The van der Waals surface area contributed by atoms with Crippen molar-refractivity contribution in [3.63, 3.8) is 0 Å². The van der Waals surface area contributed by atoms with Gasteiger partial charge in [0.15, 0.2) is 18.2 Å². The molecule has 1 aromatic carbocycles. The number of nitrogens with zero attached hydrogens (tertiary/aromatic N) is 1. The van der Waals surface area contributed by atoms with Gasteiger partial charge in [0.25, 0.3) is 0 Å². The van der Waals surface area contributed by atoms with Crippen molar-refractivity contribution in [1.82, 2.24) is 10.5 Å². The van der Waals surface area contributed by atoms with E-state index in [2.05, 4.69) is 10.5 Å². The van der Waals surface area contributed by atoms with Crippen LogP contribution in [0.2, 0.25) is 0 Å². The maximum absolute atomic E-state index is 12.9. The summed E-state index contributed by atoms with van der Waals surface area (Å²) in [4.78, 5) is 25.5. The third-order valence-corrected chi connectivity index (χ3v) is 5.58. The van der Waals surface area contributed by atoms with Gasteiger partial charge in [0.05, 0.1) is 18.4 Å². The van der Waals surface area contributed by atoms with Gasteiger partial charge < -0.3 is 19.3 Å². The van der Waals surface area contributed by atoms with Crippen LogP contribution in [0.15, 0.2) is 57.4 Å². The highest BCUT2D eigenvalue weighted by atomic mass is 16.5. The van der Waals surface area contributed by atoms with Crippen molar-refractivity contribution in [1.29, 1.82) is 0 Å².